The maximum atomic E-state index is 14.2. The third kappa shape index (κ3) is 2.93. The summed E-state index contributed by atoms with van der Waals surface area (Å²) in [6, 6.07) is 10.9. The van der Waals surface area contributed by atoms with E-state index in [-0.39, 0.29) is 5.82 Å². The lowest BCUT2D eigenvalue weighted by Gasteiger charge is -2.30. The summed E-state index contributed by atoms with van der Waals surface area (Å²) in [5.74, 6) is 2.74. The minimum Gasteiger partial charge on any atom is -0.366 e. The van der Waals surface area contributed by atoms with Crippen LogP contribution in [0.3, 0.4) is 0 Å². The third-order valence-electron chi connectivity index (χ3n) is 5.73. The monoisotopic (exact) mass is 351 g/mol. The van der Waals surface area contributed by atoms with Crippen LogP contribution in [0.15, 0.2) is 36.4 Å². The molecule has 1 aromatic carbocycles. The van der Waals surface area contributed by atoms with Gasteiger partial charge in [-0.05, 0) is 61.8 Å². The molecule has 3 aromatic rings. The van der Waals surface area contributed by atoms with Gasteiger partial charge in [0.15, 0.2) is 11.5 Å². The van der Waals surface area contributed by atoms with Crippen molar-refractivity contribution in [3.63, 3.8) is 0 Å². The summed E-state index contributed by atoms with van der Waals surface area (Å²) in [5, 5.41) is 16.5. The molecule has 2 aliphatic rings. The molecule has 134 valence electrons. The summed E-state index contributed by atoms with van der Waals surface area (Å²) >= 11 is 0. The molecule has 0 spiro atoms. The van der Waals surface area contributed by atoms with Gasteiger partial charge in [-0.15, -0.1) is 15.3 Å². The van der Waals surface area contributed by atoms with E-state index in [1.165, 1.54) is 44.6 Å². The first-order valence-corrected chi connectivity index (χ1v) is 9.52. The molecule has 0 radical (unpaired) electrons. The van der Waals surface area contributed by atoms with Crippen LogP contribution in [-0.4, -0.2) is 25.9 Å². The Kier molecular flexibility index (Phi) is 3.84. The van der Waals surface area contributed by atoms with Gasteiger partial charge in [0.1, 0.15) is 11.6 Å². The van der Waals surface area contributed by atoms with Crippen molar-refractivity contribution in [3.05, 3.63) is 42.2 Å². The van der Waals surface area contributed by atoms with Gasteiger partial charge in [-0.25, -0.2) is 4.39 Å². The molecular formula is C20H22FN5. The predicted molar refractivity (Wildman–Crippen MR) is 98.3 cm³/mol. The van der Waals surface area contributed by atoms with Gasteiger partial charge < -0.3 is 5.32 Å². The molecule has 5 nitrogen and oxygen atoms in total. The molecule has 0 aliphatic heterocycles. The second kappa shape index (κ2) is 6.34. The number of fused-ring (bicyclic) bond motifs is 1. The van der Waals surface area contributed by atoms with Crippen LogP contribution in [0.5, 0.6) is 0 Å². The minimum absolute atomic E-state index is 0.318. The van der Waals surface area contributed by atoms with Crippen molar-refractivity contribution in [2.24, 2.45) is 11.8 Å². The van der Waals surface area contributed by atoms with Crippen molar-refractivity contribution in [1.29, 1.82) is 0 Å². The number of aromatic nitrogens is 4. The number of nitrogens with zero attached hydrogens (tertiary/aromatic N) is 4. The summed E-state index contributed by atoms with van der Waals surface area (Å²) in [5.41, 5.74) is 1.03. The molecule has 2 saturated carbocycles. The fraction of sp³-hybridized carbons (Fsp3) is 0.450. The van der Waals surface area contributed by atoms with Crippen molar-refractivity contribution >= 4 is 11.5 Å². The SMILES string of the molecule is Fc1ccccc1-c1nnc2ccc(NC3CCCC(C4CC4)C3)nn12. The Balaban J connectivity index is 1.42. The molecule has 0 bridgehead atoms. The maximum absolute atomic E-state index is 14.2. The lowest BCUT2D eigenvalue weighted by atomic mass is 9.83. The number of rotatable bonds is 4. The van der Waals surface area contributed by atoms with Gasteiger partial charge in [-0.2, -0.15) is 4.52 Å². The van der Waals surface area contributed by atoms with Gasteiger partial charge in [0, 0.05) is 6.04 Å². The first kappa shape index (κ1) is 15.7. The van der Waals surface area contributed by atoms with Crippen LogP contribution in [0.25, 0.3) is 17.0 Å². The van der Waals surface area contributed by atoms with Crippen LogP contribution in [0.2, 0.25) is 0 Å². The quantitative estimate of drug-likeness (QED) is 0.761. The zero-order valence-corrected chi connectivity index (χ0v) is 14.6. The smallest absolute Gasteiger partial charge is 0.188 e. The predicted octanol–water partition coefficient (Wildman–Crippen LogP) is 4.31. The highest BCUT2D eigenvalue weighted by Gasteiger charge is 2.34. The summed E-state index contributed by atoms with van der Waals surface area (Å²) < 4.78 is 15.8. The van der Waals surface area contributed by atoms with E-state index in [4.69, 9.17) is 0 Å². The van der Waals surface area contributed by atoms with Crippen molar-refractivity contribution < 1.29 is 4.39 Å². The molecule has 1 N–H and O–H groups in total. The van der Waals surface area contributed by atoms with E-state index >= 15 is 0 Å². The average molecular weight is 351 g/mol. The molecule has 2 fully saturated rings. The number of hydrogen-bond acceptors (Lipinski definition) is 4. The number of nitrogens with one attached hydrogen (secondary N) is 1. The van der Waals surface area contributed by atoms with Gasteiger partial charge in [0.25, 0.3) is 0 Å². The highest BCUT2D eigenvalue weighted by Crippen LogP contribution is 2.44. The first-order chi connectivity index (χ1) is 12.8. The molecule has 26 heavy (non-hydrogen) atoms. The van der Waals surface area contributed by atoms with Gasteiger partial charge >= 0.3 is 0 Å². The summed E-state index contributed by atoms with van der Waals surface area (Å²) in [4.78, 5) is 0. The van der Waals surface area contributed by atoms with E-state index in [2.05, 4.69) is 20.6 Å². The molecule has 2 atom stereocenters. The number of benzene rings is 1. The zero-order chi connectivity index (χ0) is 17.5. The second-order valence-corrected chi connectivity index (χ2v) is 7.60. The Morgan fingerprint density at radius 2 is 1.85 bits per heavy atom. The molecule has 2 aliphatic carbocycles. The summed E-state index contributed by atoms with van der Waals surface area (Å²) in [6.07, 6.45) is 7.90. The van der Waals surface area contributed by atoms with Crippen molar-refractivity contribution in [2.75, 3.05) is 5.32 Å². The molecule has 5 rings (SSSR count). The molecular weight excluding hydrogens is 329 g/mol. The Bertz CT molecular complexity index is 933. The summed E-state index contributed by atoms with van der Waals surface area (Å²) in [7, 11) is 0. The lowest BCUT2D eigenvalue weighted by Crippen LogP contribution is -2.28. The largest absolute Gasteiger partial charge is 0.366 e. The topological polar surface area (TPSA) is 55.1 Å². The van der Waals surface area contributed by atoms with E-state index in [1.807, 2.05) is 12.1 Å². The first-order valence-electron chi connectivity index (χ1n) is 9.52. The average Bonchev–Trinajstić information content (AvgIpc) is 3.43. The van der Waals surface area contributed by atoms with Crippen molar-refractivity contribution in [1.82, 2.24) is 19.8 Å². The normalized spacial score (nSPS) is 23.3. The van der Waals surface area contributed by atoms with E-state index in [9.17, 15) is 4.39 Å². The van der Waals surface area contributed by atoms with Crippen LogP contribution in [0, 0.1) is 17.7 Å². The van der Waals surface area contributed by atoms with Crippen molar-refractivity contribution in [3.8, 4) is 11.4 Å². The van der Waals surface area contributed by atoms with Crippen LogP contribution in [-0.2, 0) is 0 Å². The molecule has 2 unspecified atom stereocenters. The molecule has 0 amide bonds. The zero-order valence-electron chi connectivity index (χ0n) is 14.6. The second-order valence-electron chi connectivity index (χ2n) is 7.60. The van der Waals surface area contributed by atoms with Gasteiger partial charge in [0.2, 0.25) is 0 Å². The summed E-state index contributed by atoms with van der Waals surface area (Å²) in [6.45, 7) is 0. The molecule has 6 heteroatoms. The van der Waals surface area contributed by atoms with Crippen LogP contribution in [0.1, 0.15) is 38.5 Å². The standard InChI is InChI=1S/C20H22FN5/c21-17-7-2-1-6-16(17)20-24-23-19-11-10-18(25-26(19)20)22-15-5-3-4-14(12-15)13-8-9-13/h1-2,6-7,10-11,13-15H,3-5,8-9,12H2,(H,22,25). The van der Waals surface area contributed by atoms with Gasteiger partial charge in [-0.3, -0.25) is 0 Å². The third-order valence-corrected chi connectivity index (χ3v) is 5.73. The van der Waals surface area contributed by atoms with Crippen molar-refractivity contribution in [2.45, 2.75) is 44.6 Å². The minimum atomic E-state index is -0.318. The molecule has 2 aromatic heterocycles. The Morgan fingerprint density at radius 3 is 2.69 bits per heavy atom. The van der Waals surface area contributed by atoms with Gasteiger partial charge in [-0.1, -0.05) is 25.0 Å². The van der Waals surface area contributed by atoms with Crippen LogP contribution >= 0.6 is 0 Å². The molecule has 2 heterocycles. The Labute approximate surface area is 151 Å². The molecule has 0 saturated heterocycles. The lowest BCUT2D eigenvalue weighted by molar-refractivity contribution is 0.302. The van der Waals surface area contributed by atoms with Crippen LogP contribution < -0.4 is 5.32 Å². The highest BCUT2D eigenvalue weighted by atomic mass is 19.1. The highest BCUT2D eigenvalue weighted by molar-refractivity contribution is 5.60. The van der Waals surface area contributed by atoms with E-state index in [0.29, 0.717) is 23.1 Å². The Morgan fingerprint density at radius 1 is 0.962 bits per heavy atom. The van der Waals surface area contributed by atoms with E-state index in [1.54, 1.807) is 22.7 Å². The Hall–Kier alpha value is -2.50. The fourth-order valence-electron chi connectivity index (χ4n) is 4.24. The number of halogens is 1. The van der Waals surface area contributed by atoms with Crippen LogP contribution in [0.4, 0.5) is 10.2 Å². The van der Waals surface area contributed by atoms with E-state index < -0.39 is 0 Å². The number of hydrogen-bond donors (Lipinski definition) is 1. The maximum Gasteiger partial charge on any atom is 0.188 e. The number of anilines is 1. The fourth-order valence-corrected chi connectivity index (χ4v) is 4.24. The van der Waals surface area contributed by atoms with Gasteiger partial charge in [0.05, 0.1) is 5.56 Å². The van der Waals surface area contributed by atoms with E-state index in [0.717, 1.165) is 17.7 Å².